The average Bonchev–Trinajstić information content (AvgIpc) is 2.62. The zero-order chi connectivity index (χ0) is 21.2. The second-order valence-electron chi connectivity index (χ2n) is 8.13. The number of carbonyl (C=O) groups is 3. The third-order valence-corrected chi connectivity index (χ3v) is 6.47. The molecule has 0 radical (unpaired) electrons. The molecule has 1 aromatic carbocycles. The smallest absolute Gasteiger partial charge is 0.328 e. The first-order chi connectivity index (χ1) is 13.6. The van der Waals surface area contributed by atoms with E-state index in [0.29, 0.717) is 5.56 Å². The molecule has 0 bridgehead atoms. The summed E-state index contributed by atoms with van der Waals surface area (Å²) in [7, 11) is 0. The molecule has 4 rings (SSSR count). The summed E-state index contributed by atoms with van der Waals surface area (Å²) >= 11 is 3.00. The molecule has 1 spiro atoms. The van der Waals surface area contributed by atoms with Crippen LogP contribution in [0.1, 0.15) is 26.3 Å². The first kappa shape index (κ1) is 20.2. The van der Waals surface area contributed by atoms with E-state index in [4.69, 9.17) is 4.74 Å². The monoisotopic (exact) mass is 471 g/mol. The van der Waals surface area contributed by atoms with E-state index >= 15 is 4.39 Å². The van der Waals surface area contributed by atoms with Crippen LogP contribution in [0.2, 0.25) is 0 Å². The Balaban J connectivity index is 2.00. The van der Waals surface area contributed by atoms with Gasteiger partial charge < -0.3 is 9.64 Å². The number of carbonyl (C=O) groups excluding carboxylic acids is 3. The third-order valence-electron chi connectivity index (χ3n) is 5.89. The minimum atomic E-state index is -1.72. The molecule has 156 valence electrons. The van der Waals surface area contributed by atoms with Crippen LogP contribution in [-0.4, -0.2) is 42.6 Å². The van der Waals surface area contributed by atoms with Crippen molar-refractivity contribution >= 4 is 39.5 Å². The molecule has 3 heterocycles. The lowest BCUT2D eigenvalue weighted by molar-refractivity contribution is -0.156. The van der Waals surface area contributed by atoms with Gasteiger partial charge in [-0.15, -0.1) is 0 Å². The molecule has 0 saturated carbocycles. The van der Waals surface area contributed by atoms with E-state index < -0.39 is 47.0 Å². The number of benzene rings is 1. The van der Waals surface area contributed by atoms with Crippen molar-refractivity contribution < 1.29 is 27.9 Å². The normalized spacial score (nSPS) is 28.2. The standard InChI is InChI=1S/C19H20BrF2N3O4/c1-7(2)14-15-19(16(26)23-18(28)24-17(19)27)5-9-4-10(20)11(21)12(22)13(9)25(15)6-8(3)29-14/h4,7-8,14-15H,5-6H2,1-3H3,(H2,23,24,26,27,28)/t8-,14?,15-/m1/s1. The van der Waals surface area contributed by atoms with Crippen LogP contribution in [-0.2, 0) is 20.7 Å². The van der Waals surface area contributed by atoms with Gasteiger partial charge in [0.15, 0.2) is 17.0 Å². The maximum Gasteiger partial charge on any atom is 0.328 e. The maximum atomic E-state index is 15.0. The topological polar surface area (TPSA) is 87.7 Å². The van der Waals surface area contributed by atoms with Crippen molar-refractivity contribution in [3.05, 3.63) is 27.7 Å². The highest BCUT2D eigenvalue weighted by Crippen LogP contribution is 2.49. The molecule has 0 aliphatic carbocycles. The van der Waals surface area contributed by atoms with Gasteiger partial charge in [0.25, 0.3) is 0 Å². The van der Waals surface area contributed by atoms with Gasteiger partial charge >= 0.3 is 6.03 Å². The summed E-state index contributed by atoms with van der Waals surface area (Å²) in [4.78, 5) is 39.5. The van der Waals surface area contributed by atoms with Crippen molar-refractivity contribution in [1.82, 2.24) is 10.6 Å². The zero-order valence-corrected chi connectivity index (χ0v) is 17.6. The molecule has 3 aliphatic rings. The van der Waals surface area contributed by atoms with E-state index in [9.17, 15) is 18.8 Å². The van der Waals surface area contributed by atoms with E-state index in [1.54, 1.807) is 11.8 Å². The fraction of sp³-hybridized carbons (Fsp3) is 0.526. The van der Waals surface area contributed by atoms with Crippen molar-refractivity contribution in [3.63, 3.8) is 0 Å². The lowest BCUT2D eigenvalue weighted by Crippen LogP contribution is -2.76. The Bertz CT molecular complexity index is 919. The van der Waals surface area contributed by atoms with Crippen LogP contribution in [0.5, 0.6) is 0 Å². The summed E-state index contributed by atoms with van der Waals surface area (Å²) in [6, 6.07) is -0.428. The summed E-state index contributed by atoms with van der Waals surface area (Å²) in [6.07, 6.45) is -1.16. The average molecular weight is 472 g/mol. The molecular weight excluding hydrogens is 452 g/mol. The number of nitrogens with one attached hydrogen (secondary N) is 2. The number of hydrogen-bond donors (Lipinski definition) is 2. The predicted molar refractivity (Wildman–Crippen MR) is 102 cm³/mol. The Labute approximate surface area is 174 Å². The van der Waals surface area contributed by atoms with Crippen LogP contribution in [0.25, 0.3) is 0 Å². The van der Waals surface area contributed by atoms with Gasteiger partial charge in [-0.25, -0.2) is 13.6 Å². The summed E-state index contributed by atoms with van der Waals surface area (Å²) in [5.74, 6) is -3.75. The van der Waals surface area contributed by atoms with Crippen LogP contribution in [0.4, 0.5) is 19.3 Å². The Kier molecular flexibility index (Phi) is 4.69. The first-order valence-electron chi connectivity index (χ1n) is 9.33. The highest BCUT2D eigenvalue weighted by Gasteiger charge is 2.64. The van der Waals surface area contributed by atoms with Crippen molar-refractivity contribution in [2.45, 2.75) is 45.4 Å². The number of nitrogens with zero attached hydrogens (tertiary/aromatic N) is 1. The predicted octanol–water partition coefficient (Wildman–Crippen LogP) is 2.25. The maximum absolute atomic E-state index is 15.0. The van der Waals surface area contributed by atoms with Gasteiger partial charge in [-0.05, 0) is 40.4 Å². The van der Waals surface area contributed by atoms with Gasteiger partial charge in [0, 0.05) is 13.0 Å². The number of urea groups is 1. The molecule has 7 nitrogen and oxygen atoms in total. The highest BCUT2D eigenvalue weighted by molar-refractivity contribution is 9.10. The molecule has 4 amide bonds. The van der Waals surface area contributed by atoms with Crippen molar-refractivity contribution in [1.29, 1.82) is 0 Å². The lowest BCUT2D eigenvalue weighted by atomic mass is 9.65. The number of amides is 4. The number of anilines is 1. The lowest BCUT2D eigenvalue weighted by Gasteiger charge is -2.56. The number of fused-ring (bicyclic) bond motifs is 4. The molecular formula is C19H20BrF2N3O4. The minimum Gasteiger partial charge on any atom is -0.371 e. The Morgan fingerprint density at radius 2 is 1.83 bits per heavy atom. The Hall–Kier alpha value is -2.07. The van der Waals surface area contributed by atoms with Gasteiger partial charge in [-0.3, -0.25) is 20.2 Å². The molecule has 3 atom stereocenters. The molecule has 2 N–H and O–H groups in total. The van der Waals surface area contributed by atoms with E-state index in [-0.39, 0.29) is 35.1 Å². The highest BCUT2D eigenvalue weighted by atomic mass is 79.9. The Morgan fingerprint density at radius 3 is 2.41 bits per heavy atom. The third kappa shape index (κ3) is 2.79. The van der Waals surface area contributed by atoms with E-state index in [2.05, 4.69) is 26.6 Å². The second kappa shape index (κ2) is 6.73. The molecule has 2 fully saturated rings. The first-order valence-corrected chi connectivity index (χ1v) is 10.1. The van der Waals surface area contributed by atoms with Crippen LogP contribution in [0, 0.1) is 23.0 Å². The van der Waals surface area contributed by atoms with Crippen molar-refractivity contribution in [3.8, 4) is 0 Å². The largest absolute Gasteiger partial charge is 0.371 e. The minimum absolute atomic E-state index is 0.0274. The molecule has 1 unspecified atom stereocenters. The van der Waals surface area contributed by atoms with Crippen LogP contribution < -0.4 is 15.5 Å². The quantitative estimate of drug-likeness (QED) is 0.484. The van der Waals surface area contributed by atoms with Crippen molar-refractivity contribution in [2.75, 3.05) is 11.4 Å². The number of ether oxygens (including phenoxy) is 1. The fourth-order valence-electron chi connectivity index (χ4n) is 4.73. The molecule has 10 heteroatoms. The molecule has 3 aliphatic heterocycles. The van der Waals surface area contributed by atoms with Crippen LogP contribution in [0.3, 0.4) is 0 Å². The summed E-state index contributed by atoms with van der Waals surface area (Å²) in [5, 5.41) is 4.35. The number of hydrogen-bond acceptors (Lipinski definition) is 5. The van der Waals surface area contributed by atoms with E-state index in [1.807, 2.05) is 13.8 Å². The zero-order valence-electron chi connectivity index (χ0n) is 16.0. The van der Waals surface area contributed by atoms with Crippen molar-refractivity contribution in [2.24, 2.45) is 11.3 Å². The number of barbiturate groups is 1. The van der Waals surface area contributed by atoms with Gasteiger partial charge in [-0.1, -0.05) is 13.8 Å². The molecule has 1 aromatic rings. The van der Waals surface area contributed by atoms with Gasteiger partial charge in [-0.2, -0.15) is 0 Å². The van der Waals surface area contributed by atoms with Crippen LogP contribution in [0.15, 0.2) is 10.5 Å². The van der Waals surface area contributed by atoms with Gasteiger partial charge in [0.05, 0.1) is 28.4 Å². The summed E-state index contributed by atoms with van der Waals surface area (Å²) < 4.78 is 35.4. The number of halogens is 3. The number of rotatable bonds is 1. The fourth-order valence-corrected chi connectivity index (χ4v) is 5.18. The van der Waals surface area contributed by atoms with Crippen LogP contribution >= 0.6 is 15.9 Å². The molecule has 29 heavy (non-hydrogen) atoms. The van der Waals surface area contributed by atoms with E-state index in [1.165, 1.54) is 6.07 Å². The van der Waals surface area contributed by atoms with Gasteiger partial charge in [0.2, 0.25) is 11.8 Å². The summed E-state index contributed by atoms with van der Waals surface area (Å²) in [6.45, 7) is 5.69. The molecule has 2 saturated heterocycles. The number of morpholine rings is 1. The Morgan fingerprint density at radius 1 is 1.21 bits per heavy atom. The number of imide groups is 2. The second-order valence-corrected chi connectivity index (χ2v) is 8.99. The molecule has 0 aromatic heterocycles. The van der Waals surface area contributed by atoms with Gasteiger partial charge in [0.1, 0.15) is 0 Å². The summed E-state index contributed by atoms with van der Waals surface area (Å²) in [5.41, 5.74) is -1.39. The van der Waals surface area contributed by atoms with E-state index in [0.717, 1.165) is 0 Å². The SMILES string of the molecule is CC(C)C1O[C@H](C)CN2c3c(cc(Br)c(F)c3F)CC3(C(=O)NC(=O)NC3=O)[C@@H]12.